The summed E-state index contributed by atoms with van der Waals surface area (Å²) < 4.78 is 7.00. The van der Waals surface area contributed by atoms with Gasteiger partial charge in [-0.3, -0.25) is 19.1 Å². The summed E-state index contributed by atoms with van der Waals surface area (Å²) in [5.41, 5.74) is 7.04. The monoisotopic (exact) mass is 506 g/mol. The zero-order chi connectivity index (χ0) is 26.1. The number of imidazole rings is 1. The smallest absolute Gasteiger partial charge is 0.256 e. The summed E-state index contributed by atoms with van der Waals surface area (Å²) in [4.78, 5) is 43.6. The number of nitrogen functional groups attached to an aromatic ring is 1. The molecule has 13 nitrogen and oxygen atoms in total. The Hall–Kier alpha value is -4.12. The Kier molecular flexibility index (Phi) is 6.70. The number of nitrogens with zero attached hydrogens (tertiary/aromatic N) is 6. The van der Waals surface area contributed by atoms with Gasteiger partial charge in [-0.2, -0.15) is 0 Å². The highest BCUT2D eigenvalue weighted by molar-refractivity contribution is 5.94. The van der Waals surface area contributed by atoms with Crippen LogP contribution in [-0.4, -0.2) is 89.4 Å². The summed E-state index contributed by atoms with van der Waals surface area (Å²) in [6.45, 7) is 0.170. The molecule has 1 aliphatic heterocycles. The first-order chi connectivity index (χ1) is 17.9. The van der Waals surface area contributed by atoms with Gasteiger partial charge in [0.2, 0.25) is 5.82 Å². The fourth-order valence-corrected chi connectivity index (χ4v) is 4.35. The summed E-state index contributed by atoms with van der Waals surface area (Å²) >= 11 is 0. The number of anilines is 1. The molecule has 1 aliphatic carbocycles. The van der Waals surface area contributed by atoms with Crippen molar-refractivity contribution >= 4 is 28.8 Å². The second kappa shape index (κ2) is 10.1. The maximum Gasteiger partial charge on any atom is 0.256 e. The number of carbonyl (C=O) groups excluding carboxylic acids is 2. The molecule has 0 bridgehead atoms. The molecule has 3 aromatic rings. The van der Waals surface area contributed by atoms with Crippen molar-refractivity contribution in [1.29, 1.82) is 0 Å². The molecule has 13 heteroatoms. The maximum atomic E-state index is 13.0. The van der Waals surface area contributed by atoms with E-state index >= 15 is 0 Å². The molecule has 5 rings (SSSR count). The van der Waals surface area contributed by atoms with Crippen LogP contribution in [0.3, 0.4) is 0 Å². The van der Waals surface area contributed by atoms with E-state index in [1.54, 1.807) is 23.2 Å². The Balaban J connectivity index is 1.40. The van der Waals surface area contributed by atoms with Crippen molar-refractivity contribution < 1.29 is 24.5 Å². The fourth-order valence-electron chi connectivity index (χ4n) is 4.35. The minimum atomic E-state index is -1.45. The van der Waals surface area contributed by atoms with Crippen LogP contribution in [0.1, 0.15) is 41.7 Å². The van der Waals surface area contributed by atoms with Gasteiger partial charge in [-0.25, -0.2) is 15.0 Å². The number of ether oxygens (including phenoxy) is 1. The van der Waals surface area contributed by atoms with E-state index in [9.17, 15) is 19.8 Å². The lowest BCUT2D eigenvalue weighted by Crippen LogP contribution is -2.44. The minimum absolute atomic E-state index is 0.0613. The van der Waals surface area contributed by atoms with Crippen LogP contribution in [0.15, 0.2) is 30.9 Å². The molecule has 4 heterocycles. The van der Waals surface area contributed by atoms with Crippen molar-refractivity contribution in [3.05, 3.63) is 42.2 Å². The molecule has 1 saturated carbocycles. The number of likely N-dealkylation sites (N-methyl/N-ethyl adjacent to an activating group) is 1. The normalized spacial score (nSPS) is 23.2. The van der Waals surface area contributed by atoms with E-state index in [1.807, 2.05) is 0 Å². The van der Waals surface area contributed by atoms with Crippen molar-refractivity contribution in [3.8, 4) is 11.8 Å². The van der Waals surface area contributed by atoms with E-state index in [0.717, 1.165) is 19.3 Å². The Morgan fingerprint density at radius 3 is 2.78 bits per heavy atom. The number of hydrogen-bond donors (Lipinski definition) is 4. The van der Waals surface area contributed by atoms with Crippen LogP contribution in [0.25, 0.3) is 11.2 Å². The van der Waals surface area contributed by atoms with Gasteiger partial charge in [0.05, 0.1) is 18.4 Å². The van der Waals surface area contributed by atoms with Crippen molar-refractivity contribution in [1.82, 2.24) is 34.7 Å². The van der Waals surface area contributed by atoms with E-state index < -0.39 is 30.4 Å². The summed E-state index contributed by atoms with van der Waals surface area (Å²) in [6, 6.07) is 3.55. The number of pyridine rings is 1. The summed E-state index contributed by atoms with van der Waals surface area (Å²) in [5, 5.41) is 23.2. The van der Waals surface area contributed by atoms with E-state index in [2.05, 4.69) is 37.1 Å². The third-order valence-corrected chi connectivity index (χ3v) is 6.60. The van der Waals surface area contributed by atoms with Gasteiger partial charge < -0.3 is 30.9 Å². The van der Waals surface area contributed by atoms with Crippen molar-refractivity contribution in [3.63, 3.8) is 0 Å². The van der Waals surface area contributed by atoms with E-state index in [0.29, 0.717) is 5.56 Å². The number of carbonyl (C=O) groups is 2. The van der Waals surface area contributed by atoms with Gasteiger partial charge in [0.25, 0.3) is 11.8 Å². The number of aliphatic hydroxyl groups is 2. The van der Waals surface area contributed by atoms with Crippen LogP contribution in [0.2, 0.25) is 0 Å². The quantitative estimate of drug-likeness (QED) is 0.320. The molecule has 0 spiro atoms. The van der Waals surface area contributed by atoms with Gasteiger partial charge in [0.1, 0.15) is 17.7 Å². The Labute approximate surface area is 211 Å². The lowest BCUT2D eigenvalue weighted by atomic mass is 9.91. The molecular formula is C24H26N8O5. The first-order valence-corrected chi connectivity index (χ1v) is 11.8. The highest BCUT2D eigenvalue weighted by atomic mass is 16.6. The van der Waals surface area contributed by atoms with Crippen LogP contribution in [0.4, 0.5) is 5.82 Å². The van der Waals surface area contributed by atoms with Gasteiger partial charge in [0, 0.05) is 25.5 Å². The number of nitrogens with one attached hydrogen (secondary N) is 1. The molecule has 3 aromatic heterocycles. The topological polar surface area (TPSA) is 182 Å². The number of rotatable bonds is 5. The number of amides is 2. The third-order valence-electron chi connectivity index (χ3n) is 6.60. The van der Waals surface area contributed by atoms with Crippen LogP contribution >= 0.6 is 0 Å². The van der Waals surface area contributed by atoms with Gasteiger partial charge in [-0.1, -0.05) is 5.92 Å². The highest BCUT2D eigenvalue weighted by Crippen LogP contribution is 2.32. The Morgan fingerprint density at radius 2 is 2.11 bits per heavy atom. The first kappa shape index (κ1) is 24.6. The first-order valence-electron chi connectivity index (χ1n) is 11.8. The molecule has 2 aliphatic rings. The number of nitrogens with two attached hydrogens (primary N) is 1. The number of aliphatic hydroxyl groups excluding tert-OH is 2. The summed E-state index contributed by atoms with van der Waals surface area (Å²) in [7, 11) is 1.40. The number of fused-ring (bicyclic) bond motifs is 1. The van der Waals surface area contributed by atoms with Crippen LogP contribution in [0, 0.1) is 11.8 Å². The van der Waals surface area contributed by atoms with E-state index in [4.69, 9.17) is 10.5 Å². The number of aromatic nitrogens is 5. The lowest BCUT2D eigenvalue weighted by Gasteiger charge is -2.36. The minimum Gasteiger partial charge on any atom is -0.387 e. The highest BCUT2D eigenvalue weighted by Gasteiger charge is 2.47. The van der Waals surface area contributed by atoms with Gasteiger partial charge in [0.15, 0.2) is 23.8 Å². The zero-order valence-electron chi connectivity index (χ0n) is 20.0. The van der Waals surface area contributed by atoms with Gasteiger partial charge >= 0.3 is 0 Å². The molecule has 37 heavy (non-hydrogen) atoms. The molecule has 2 fully saturated rings. The second-order valence-corrected chi connectivity index (χ2v) is 8.86. The predicted molar refractivity (Wildman–Crippen MR) is 130 cm³/mol. The molecule has 0 radical (unpaired) electrons. The molecule has 192 valence electrons. The van der Waals surface area contributed by atoms with Crippen molar-refractivity contribution in [2.24, 2.45) is 0 Å². The third kappa shape index (κ3) is 4.57. The average Bonchev–Trinajstić information content (AvgIpc) is 3.43. The fraction of sp³-hybridized carbons (Fsp3) is 0.417. The largest absolute Gasteiger partial charge is 0.387 e. The lowest BCUT2D eigenvalue weighted by molar-refractivity contribution is -0.137. The standard InChI is InChI=1S/C24H26N8O5/c1-26-22(35)19-17(33)18(34)24(37-19)32-12-28-16-20(25)29-15(30-21(16)32)8-4-10-31(14-6-2-7-14)23(36)13-5-3-9-27-11-13/h3,5,9,11-12,14,17-19,24,33-34H,2,6-7,10H2,1H3,(H,26,35)(H2,25,29,30)/t17-,18-,19+,24-/m1/s1. The van der Waals surface area contributed by atoms with Crippen LogP contribution in [0.5, 0.6) is 0 Å². The Bertz CT molecular complexity index is 1380. The Morgan fingerprint density at radius 1 is 1.30 bits per heavy atom. The van der Waals surface area contributed by atoms with E-state index in [-0.39, 0.29) is 41.3 Å². The van der Waals surface area contributed by atoms with Crippen molar-refractivity contribution in [2.75, 3.05) is 19.3 Å². The van der Waals surface area contributed by atoms with Gasteiger partial charge in [-0.15, -0.1) is 0 Å². The molecule has 0 aromatic carbocycles. The summed E-state index contributed by atoms with van der Waals surface area (Å²) in [6.07, 6.45) is 2.09. The molecular weight excluding hydrogens is 480 g/mol. The predicted octanol–water partition coefficient (Wildman–Crippen LogP) is -0.785. The van der Waals surface area contributed by atoms with Crippen LogP contribution < -0.4 is 11.1 Å². The molecule has 2 amide bonds. The van der Waals surface area contributed by atoms with Gasteiger partial charge in [-0.05, 0) is 37.3 Å². The summed E-state index contributed by atoms with van der Waals surface area (Å²) in [5.74, 6) is 5.27. The second-order valence-electron chi connectivity index (χ2n) is 8.86. The van der Waals surface area contributed by atoms with Crippen LogP contribution in [-0.2, 0) is 9.53 Å². The molecule has 0 unspecified atom stereocenters. The SMILES string of the molecule is CNC(=O)[C@H]1O[C@@H](n2cnc3c(N)nc(C#CCN(C(=O)c4cccnc4)C4CCC4)nc32)[C@H](O)[C@H]1O. The molecule has 1 saturated heterocycles. The molecule has 5 N–H and O–H groups in total. The molecule has 4 atom stereocenters. The maximum absolute atomic E-state index is 13.0. The zero-order valence-corrected chi connectivity index (χ0v) is 20.0. The van der Waals surface area contributed by atoms with Crippen molar-refractivity contribution in [2.45, 2.75) is 49.8 Å². The number of hydrogen-bond acceptors (Lipinski definition) is 10. The average molecular weight is 507 g/mol. The van der Waals surface area contributed by atoms with E-state index in [1.165, 1.54) is 24.1 Å².